The van der Waals surface area contributed by atoms with Crippen molar-refractivity contribution < 1.29 is 30.4 Å². The lowest BCUT2D eigenvalue weighted by Gasteiger charge is -2.16. The summed E-state index contributed by atoms with van der Waals surface area (Å²) in [4.78, 5) is -0.764. The Hall–Kier alpha value is -2.24. The molecule has 0 aliphatic heterocycles. The molecule has 0 atom stereocenters. The van der Waals surface area contributed by atoms with Crippen LogP contribution in [0.3, 0.4) is 0 Å². The molecule has 2 aromatic rings. The third kappa shape index (κ3) is 3.94. The summed E-state index contributed by atoms with van der Waals surface area (Å²) in [6, 6.07) is 5.73. The fourth-order valence-electron chi connectivity index (χ4n) is 2.00. The average Bonchev–Trinajstić information content (AvgIpc) is 2.56. The first-order valence-electron chi connectivity index (χ1n) is 7.07. The molecule has 0 amide bonds. The molecular weight excluding hydrogens is 390 g/mol. The fourth-order valence-corrected chi connectivity index (χ4v) is 4.13. The Morgan fingerprint density at radius 1 is 0.962 bits per heavy atom. The Labute approximate surface area is 150 Å². The molecular formula is C15H16F2N2O5S2. The summed E-state index contributed by atoms with van der Waals surface area (Å²) in [5.74, 6) is -2.49. The van der Waals surface area contributed by atoms with E-state index in [-0.39, 0.29) is 16.3 Å². The van der Waals surface area contributed by atoms with Crippen molar-refractivity contribution in [2.75, 3.05) is 25.9 Å². The van der Waals surface area contributed by atoms with Gasteiger partial charge in [0.2, 0.25) is 10.0 Å². The number of nitrogens with one attached hydrogen (secondary N) is 1. The minimum atomic E-state index is -4.26. The Bertz CT molecular complexity index is 1040. The van der Waals surface area contributed by atoms with Crippen LogP contribution in [0.15, 0.2) is 46.2 Å². The zero-order valence-corrected chi connectivity index (χ0v) is 15.7. The Morgan fingerprint density at radius 2 is 1.62 bits per heavy atom. The second-order valence-electron chi connectivity index (χ2n) is 5.33. The number of benzene rings is 2. The maximum Gasteiger partial charge on any atom is 0.261 e. The van der Waals surface area contributed by atoms with Crippen molar-refractivity contribution in [3.8, 4) is 5.75 Å². The monoisotopic (exact) mass is 406 g/mol. The maximum absolute atomic E-state index is 13.3. The predicted molar refractivity (Wildman–Crippen MR) is 91.0 cm³/mol. The van der Waals surface area contributed by atoms with Gasteiger partial charge < -0.3 is 4.74 Å². The number of hydrogen-bond donors (Lipinski definition) is 1. The maximum atomic E-state index is 13.3. The van der Waals surface area contributed by atoms with E-state index in [1.165, 1.54) is 33.3 Å². The first-order valence-corrected chi connectivity index (χ1v) is 10.00. The van der Waals surface area contributed by atoms with Gasteiger partial charge in [0.25, 0.3) is 10.0 Å². The molecule has 0 aliphatic carbocycles. The molecule has 2 rings (SSSR count). The summed E-state index contributed by atoms with van der Waals surface area (Å²) < 4.78 is 83.7. The van der Waals surface area contributed by atoms with E-state index in [1.807, 2.05) is 0 Å². The first kappa shape index (κ1) is 20.1. The van der Waals surface area contributed by atoms with E-state index in [1.54, 1.807) is 0 Å². The molecule has 26 heavy (non-hydrogen) atoms. The quantitative estimate of drug-likeness (QED) is 0.792. The molecule has 0 heterocycles. The number of anilines is 1. The normalized spacial score (nSPS) is 12.2. The Balaban J connectivity index is 2.48. The Kier molecular flexibility index (Phi) is 5.54. The minimum Gasteiger partial charge on any atom is -0.495 e. The molecule has 0 aromatic heterocycles. The molecule has 0 saturated heterocycles. The second-order valence-corrected chi connectivity index (χ2v) is 9.14. The second kappa shape index (κ2) is 7.17. The van der Waals surface area contributed by atoms with Gasteiger partial charge in [-0.25, -0.2) is 29.9 Å². The molecule has 7 nitrogen and oxygen atoms in total. The highest BCUT2D eigenvalue weighted by molar-refractivity contribution is 7.92. The van der Waals surface area contributed by atoms with Crippen molar-refractivity contribution in [1.29, 1.82) is 0 Å². The van der Waals surface area contributed by atoms with Crippen molar-refractivity contribution in [2.24, 2.45) is 0 Å². The standard InChI is InChI=1S/C15H16F2N2O5S2/c1-19(2)26(22,23)15-8-10(4-7-14(15)24-3)18-25(20,21)11-5-6-12(16)13(17)9-11/h4-9,18H,1-3H3. The molecule has 2 aromatic carbocycles. The zero-order chi connectivity index (χ0) is 19.7. The molecule has 0 aliphatic rings. The third-order valence-corrected chi connectivity index (χ3v) is 6.59. The van der Waals surface area contributed by atoms with Gasteiger partial charge in [0.1, 0.15) is 10.6 Å². The van der Waals surface area contributed by atoms with Gasteiger partial charge in [-0.1, -0.05) is 0 Å². The van der Waals surface area contributed by atoms with Gasteiger partial charge in [-0.3, -0.25) is 4.72 Å². The van der Waals surface area contributed by atoms with E-state index in [9.17, 15) is 25.6 Å². The van der Waals surface area contributed by atoms with Gasteiger partial charge in [0, 0.05) is 14.1 Å². The number of methoxy groups -OCH3 is 1. The Morgan fingerprint density at radius 3 is 2.15 bits per heavy atom. The smallest absolute Gasteiger partial charge is 0.261 e. The van der Waals surface area contributed by atoms with E-state index in [4.69, 9.17) is 4.74 Å². The van der Waals surface area contributed by atoms with Gasteiger partial charge in [-0.05, 0) is 36.4 Å². The van der Waals surface area contributed by atoms with Crippen molar-refractivity contribution in [1.82, 2.24) is 4.31 Å². The lowest BCUT2D eigenvalue weighted by atomic mass is 10.3. The molecule has 0 saturated carbocycles. The third-order valence-electron chi connectivity index (χ3n) is 3.38. The predicted octanol–water partition coefficient (Wildman–Crippen LogP) is 2.02. The van der Waals surface area contributed by atoms with Crippen LogP contribution in [0.2, 0.25) is 0 Å². The van der Waals surface area contributed by atoms with Crippen LogP contribution in [-0.2, 0) is 20.0 Å². The van der Waals surface area contributed by atoms with Crippen LogP contribution in [0, 0.1) is 11.6 Å². The largest absolute Gasteiger partial charge is 0.495 e. The summed E-state index contributed by atoms with van der Waals surface area (Å²) in [7, 11) is -4.27. The van der Waals surface area contributed by atoms with Crippen LogP contribution in [0.25, 0.3) is 0 Å². The van der Waals surface area contributed by atoms with Crippen molar-refractivity contribution >= 4 is 25.7 Å². The van der Waals surface area contributed by atoms with Gasteiger partial charge >= 0.3 is 0 Å². The van der Waals surface area contributed by atoms with Crippen molar-refractivity contribution in [2.45, 2.75) is 9.79 Å². The molecule has 142 valence electrons. The van der Waals surface area contributed by atoms with E-state index < -0.39 is 36.6 Å². The number of hydrogen-bond acceptors (Lipinski definition) is 5. The van der Waals surface area contributed by atoms with Gasteiger partial charge in [0.05, 0.1) is 17.7 Å². The number of ether oxygens (including phenoxy) is 1. The lowest BCUT2D eigenvalue weighted by Crippen LogP contribution is -2.23. The fraction of sp³-hybridized carbons (Fsp3) is 0.200. The first-order chi connectivity index (χ1) is 12.0. The lowest BCUT2D eigenvalue weighted by molar-refractivity contribution is 0.400. The van der Waals surface area contributed by atoms with Crippen LogP contribution in [0.4, 0.5) is 14.5 Å². The highest BCUT2D eigenvalue weighted by atomic mass is 32.2. The number of nitrogens with zero attached hydrogens (tertiary/aromatic N) is 1. The number of halogens is 2. The van der Waals surface area contributed by atoms with Gasteiger partial charge in [-0.2, -0.15) is 0 Å². The summed E-state index contributed by atoms with van der Waals surface area (Å²) in [5.41, 5.74) is -0.0871. The SMILES string of the molecule is COc1ccc(NS(=O)(=O)c2ccc(F)c(F)c2)cc1S(=O)(=O)N(C)C. The van der Waals surface area contributed by atoms with Crippen LogP contribution < -0.4 is 9.46 Å². The van der Waals surface area contributed by atoms with E-state index in [0.717, 1.165) is 16.4 Å². The summed E-state index contributed by atoms with van der Waals surface area (Å²) in [6.45, 7) is 0. The van der Waals surface area contributed by atoms with Crippen LogP contribution in [-0.4, -0.2) is 42.3 Å². The van der Waals surface area contributed by atoms with E-state index >= 15 is 0 Å². The highest BCUT2D eigenvalue weighted by Crippen LogP contribution is 2.30. The number of rotatable bonds is 6. The van der Waals surface area contributed by atoms with E-state index in [2.05, 4.69) is 4.72 Å². The van der Waals surface area contributed by atoms with Crippen molar-refractivity contribution in [3.63, 3.8) is 0 Å². The van der Waals surface area contributed by atoms with E-state index in [0.29, 0.717) is 12.1 Å². The molecule has 0 spiro atoms. The topological polar surface area (TPSA) is 92.8 Å². The summed E-state index contributed by atoms with van der Waals surface area (Å²) >= 11 is 0. The summed E-state index contributed by atoms with van der Waals surface area (Å²) in [6.07, 6.45) is 0. The average molecular weight is 406 g/mol. The summed E-state index contributed by atoms with van der Waals surface area (Å²) in [5, 5.41) is 0. The number of sulfonamides is 2. The van der Waals surface area contributed by atoms with Crippen LogP contribution >= 0.6 is 0 Å². The molecule has 11 heteroatoms. The molecule has 0 radical (unpaired) electrons. The van der Waals surface area contributed by atoms with Crippen LogP contribution in [0.1, 0.15) is 0 Å². The zero-order valence-electron chi connectivity index (χ0n) is 14.0. The molecule has 0 unspecified atom stereocenters. The molecule has 0 fully saturated rings. The van der Waals surface area contributed by atoms with Crippen LogP contribution in [0.5, 0.6) is 5.75 Å². The highest BCUT2D eigenvalue weighted by Gasteiger charge is 2.24. The molecule has 0 bridgehead atoms. The van der Waals surface area contributed by atoms with Gasteiger partial charge in [-0.15, -0.1) is 0 Å². The van der Waals surface area contributed by atoms with Gasteiger partial charge in [0.15, 0.2) is 11.6 Å². The molecule has 1 N–H and O–H groups in total. The minimum absolute atomic E-state index is 0.0227. The van der Waals surface area contributed by atoms with Crippen molar-refractivity contribution in [3.05, 3.63) is 48.0 Å².